The molecule has 0 bridgehead atoms. The lowest BCUT2D eigenvalue weighted by Crippen LogP contribution is -2.37. The van der Waals surface area contributed by atoms with Crippen LogP contribution in [0.1, 0.15) is 18.9 Å². The van der Waals surface area contributed by atoms with Crippen molar-refractivity contribution in [1.29, 1.82) is 0 Å². The third kappa shape index (κ3) is 3.78. The van der Waals surface area contributed by atoms with Crippen molar-refractivity contribution in [2.24, 2.45) is 0 Å². The van der Waals surface area contributed by atoms with Crippen molar-refractivity contribution in [2.45, 2.75) is 31.2 Å². The molecule has 0 aliphatic heterocycles. The number of nitrogens with one attached hydrogen (secondary N) is 2. The first kappa shape index (κ1) is 19.2. The van der Waals surface area contributed by atoms with Crippen molar-refractivity contribution in [3.05, 3.63) is 58.4 Å². The second-order valence-electron chi connectivity index (χ2n) is 6.34. The molecule has 7 nitrogen and oxygen atoms in total. The number of aliphatic hydroxyl groups excluding tert-OH is 1. The van der Waals surface area contributed by atoms with Crippen LogP contribution in [0.2, 0.25) is 0 Å². The lowest BCUT2D eigenvalue weighted by Gasteiger charge is -2.16. The monoisotopic (exact) mass is 387 g/mol. The SMILES string of the molecule is CCC(CO)NS(=O)(=O)c1cc(-c2n[nH]c(=O)c3ccccc23)ccc1C. The Bertz CT molecular complexity index is 1140. The molecule has 0 aliphatic carbocycles. The number of hydrogen-bond donors (Lipinski definition) is 3. The van der Waals surface area contributed by atoms with Crippen LogP contribution in [0.5, 0.6) is 0 Å². The number of nitrogens with zero attached hydrogens (tertiary/aromatic N) is 1. The summed E-state index contributed by atoms with van der Waals surface area (Å²) >= 11 is 0. The summed E-state index contributed by atoms with van der Waals surface area (Å²) in [5, 5.41) is 17.0. The topological polar surface area (TPSA) is 112 Å². The highest BCUT2D eigenvalue weighted by Gasteiger charge is 2.22. The lowest BCUT2D eigenvalue weighted by atomic mass is 10.0. The Balaban J connectivity index is 2.15. The first-order valence-electron chi connectivity index (χ1n) is 8.59. The van der Waals surface area contributed by atoms with E-state index in [4.69, 9.17) is 0 Å². The van der Waals surface area contributed by atoms with Gasteiger partial charge in [-0.3, -0.25) is 4.79 Å². The molecule has 0 radical (unpaired) electrons. The van der Waals surface area contributed by atoms with Gasteiger partial charge in [0.2, 0.25) is 10.0 Å². The van der Waals surface area contributed by atoms with Gasteiger partial charge in [0.15, 0.2) is 0 Å². The average Bonchev–Trinajstić information content (AvgIpc) is 2.67. The number of aromatic amines is 1. The zero-order valence-corrected chi connectivity index (χ0v) is 15.9. The number of sulfonamides is 1. The number of hydrogen-bond acceptors (Lipinski definition) is 5. The van der Waals surface area contributed by atoms with Gasteiger partial charge >= 0.3 is 0 Å². The van der Waals surface area contributed by atoms with Crippen molar-refractivity contribution in [1.82, 2.24) is 14.9 Å². The second-order valence-corrected chi connectivity index (χ2v) is 8.02. The summed E-state index contributed by atoms with van der Waals surface area (Å²) in [6.07, 6.45) is 0.473. The largest absolute Gasteiger partial charge is 0.395 e. The molecule has 8 heteroatoms. The van der Waals surface area contributed by atoms with E-state index in [0.717, 1.165) is 0 Å². The lowest BCUT2D eigenvalue weighted by molar-refractivity contribution is 0.254. The molecule has 3 N–H and O–H groups in total. The van der Waals surface area contributed by atoms with Crippen LogP contribution in [0.15, 0.2) is 52.2 Å². The molecule has 1 unspecified atom stereocenters. The zero-order chi connectivity index (χ0) is 19.6. The Morgan fingerprint density at radius 1 is 1.19 bits per heavy atom. The molecule has 0 saturated heterocycles. The minimum Gasteiger partial charge on any atom is -0.395 e. The molecule has 2 aromatic carbocycles. The van der Waals surface area contributed by atoms with Crippen LogP contribution in [-0.2, 0) is 10.0 Å². The molecule has 0 aliphatic rings. The first-order valence-corrected chi connectivity index (χ1v) is 10.1. The van der Waals surface area contributed by atoms with Crippen LogP contribution in [0.3, 0.4) is 0 Å². The van der Waals surface area contributed by atoms with Gasteiger partial charge in [0.1, 0.15) is 0 Å². The van der Waals surface area contributed by atoms with E-state index in [-0.39, 0.29) is 17.1 Å². The molecule has 3 aromatic rings. The molecule has 142 valence electrons. The standard InChI is InChI=1S/C19H21N3O4S/c1-3-14(11-23)22-27(25,26)17-10-13(9-8-12(17)2)18-15-6-4-5-7-16(15)19(24)21-20-18/h4-10,14,22-23H,3,11H2,1-2H3,(H,21,24). The number of aryl methyl sites for hydroxylation is 1. The van der Waals surface area contributed by atoms with E-state index in [1.54, 1.807) is 50.2 Å². The minimum absolute atomic E-state index is 0.115. The summed E-state index contributed by atoms with van der Waals surface area (Å²) in [5.74, 6) is 0. The summed E-state index contributed by atoms with van der Waals surface area (Å²) in [7, 11) is -3.82. The molecule has 0 spiro atoms. The van der Waals surface area contributed by atoms with Crippen molar-refractivity contribution >= 4 is 20.8 Å². The van der Waals surface area contributed by atoms with Crippen molar-refractivity contribution in [3.8, 4) is 11.3 Å². The summed E-state index contributed by atoms with van der Waals surface area (Å²) < 4.78 is 28.1. The first-order chi connectivity index (χ1) is 12.9. The highest BCUT2D eigenvalue weighted by Crippen LogP contribution is 2.28. The molecule has 1 aromatic heterocycles. The Morgan fingerprint density at radius 3 is 2.56 bits per heavy atom. The Morgan fingerprint density at radius 2 is 1.89 bits per heavy atom. The fraction of sp³-hybridized carbons (Fsp3) is 0.263. The third-order valence-corrected chi connectivity index (χ3v) is 6.14. The minimum atomic E-state index is -3.82. The predicted molar refractivity (Wildman–Crippen MR) is 104 cm³/mol. The molecule has 0 fully saturated rings. The van der Waals surface area contributed by atoms with Crippen LogP contribution < -0.4 is 10.3 Å². The van der Waals surface area contributed by atoms with Crippen LogP contribution in [0.4, 0.5) is 0 Å². The van der Waals surface area contributed by atoms with E-state index in [0.29, 0.717) is 34.0 Å². The van der Waals surface area contributed by atoms with Gasteiger partial charge in [-0.1, -0.05) is 37.3 Å². The molecule has 0 saturated carbocycles. The van der Waals surface area contributed by atoms with Crippen LogP contribution in [-0.4, -0.2) is 36.4 Å². The number of fused-ring (bicyclic) bond motifs is 1. The third-order valence-electron chi connectivity index (χ3n) is 4.48. The van der Waals surface area contributed by atoms with Crippen LogP contribution in [0, 0.1) is 6.92 Å². The molecular formula is C19H21N3O4S. The van der Waals surface area contributed by atoms with E-state index in [2.05, 4.69) is 14.9 Å². The van der Waals surface area contributed by atoms with E-state index in [1.807, 2.05) is 0 Å². The number of H-pyrrole nitrogens is 1. The quantitative estimate of drug-likeness (QED) is 0.598. The van der Waals surface area contributed by atoms with Crippen LogP contribution >= 0.6 is 0 Å². The number of rotatable bonds is 6. The number of aliphatic hydroxyl groups is 1. The van der Waals surface area contributed by atoms with Gasteiger partial charge in [0.05, 0.1) is 22.6 Å². The normalized spacial score (nSPS) is 13.0. The molecule has 3 rings (SSSR count). The molecular weight excluding hydrogens is 366 g/mol. The fourth-order valence-corrected chi connectivity index (χ4v) is 4.49. The smallest absolute Gasteiger partial charge is 0.272 e. The van der Waals surface area contributed by atoms with Gasteiger partial charge in [0, 0.05) is 17.0 Å². The van der Waals surface area contributed by atoms with E-state index < -0.39 is 16.1 Å². The Labute approximate surface area is 157 Å². The van der Waals surface area contributed by atoms with Gasteiger partial charge in [-0.25, -0.2) is 18.2 Å². The predicted octanol–water partition coefficient (Wildman–Crippen LogP) is 1.95. The zero-order valence-electron chi connectivity index (χ0n) is 15.1. The van der Waals surface area contributed by atoms with Crippen molar-refractivity contribution in [3.63, 3.8) is 0 Å². The molecule has 0 amide bonds. The molecule has 1 heterocycles. The van der Waals surface area contributed by atoms with Crippen molar-refractivity contribution < 1.29 is 13.5 Å². The number of benzene rings is 2. The molecule has 1 atom stereocenters. The van der Waals surface area contributed by atoms with E-state index in [1.165, 1.54) is 6.07 Å². The highest BCUT2D eigenvalue weighted by atomic mass is 32.2. The second kappa shape index (κ2) is 7.59. The van der Waals surface area contributed by atoms with E-state index in [9.17, 15) is 18.3 Å². The maximum atomic E-state index is 12.8. The van der Waals surface area contributed by atoms with E-state index >= 15 is 0 Å². The summed E-state index contributed by atoms with van der Waals surface area (Å²) in [6, 6.07) is 11.5. The van der Waals surface area contributed by atoms with Gasteiger partial charge in [-0.2, -0.15) is 5.10 Å². The van der Waals surface area contributed by atoms with Crippen molar-refractivity contribution in [2.75, 3.05) is 6.61 Å². The Kier molecular flexibility index (Phi) is 5.41. The maximum absolute atomic E-state index is 12.8. The molecule has 27 heavy (non-hydrogen) atoms. The summed E-state index contributed by atoms with van der Waals surface area (Å²) in [5.41, 5.74) is 1.35. The number of aromatic nitrogens is 2. The summed E-state index contributed by atoms with van der Waals surface area (Å²) in [6.45, 7) is 3.22. The fourth-order valence-electron chi connectivity index (χ4n) is 2.90. The van der Waals surface area contributed by atoms with Gasteiger partial charge in [-0.05, 0) is 31.0 Å². The Hall–Kier alpha value is -2.55. The maximum Gasteiger partial charge on any atom is 0.272 e. The van der Waals surface area contributed by atoms with Gasteiger partial charge in [0.25, 0.3) is 5.56 Å². The van der Waals surface area contributed by atoms with Crippen LogP contribution in [0.25, 0.3) is 22.0 Å². The average molecular weight is 387 g/mol. The summed E-state index contributed by atoms with van der Waals surface area (Å²) in [4.78, 5) is 12.1. The highest BCUT2D eigenvalue weighted by molar-refractivity contribution is 7.89. The van der Waals surface area contributed by atoms with Gasteiger partial charge < -0.3 is 5.11 Å². The van der Waals surface area contributed by atoms with Gasteiger partial charge in [-0.15, -0.1) is 0 Å².